The smallest absolute Gasteiger partial charge is 0.311 e. The molecule has 5 heterocycles. The molecule has 2 bridgehead atoms. The standard InChI is InChI=1S/C56H89N7O12/c1-14-46-55(9,67)51-37(6)62(12)30-34(3)27-56(68,15-2)52(44(33-70-51)49(36(5)53(66)73-46)74-48-28-54(8,69-13)50(65)38(7)72-48)75-47-26-42(24-35(4)71-47)61(11)23-20-41(57)31-63(58-10)43(32-64)25-39-16-18-40(19-17-39)45-29-59-21-22-60-45/h2,16-19,21-22,29,31,34-38,42-44,46-52,58,64-65,67-68H,14,20,23-28,30,32-33,57H2,1,3-13H3/b41-31-/t34-,35-,36-,37-,38+,42+,43+,44+,46-,47+,48+,49-,50+,51-,52-,54-,55-,56-/m1/s1. The van der Waals surface area contributed by atoms with Crippen LogP contribution in [0.25, 0.3) is 11.3 Å². The number of hydrogen-bond donors (Lipinski definition) is 6. The number of hydrogen-bond acceptors (Lipinski definition) is 19. The third-order valence-electron chi connectivity index (χ3n) is 16.5. The zero-order chi connectivity index (χ0) is 55.0. The number of likely N-dealkylation sites (N-methyl/N-ethyl adjacent to an activating group) is 1. The molecule has 0 spiro atoms. The predicted molar refractivity (Wildman–Crippen MR) is 283 cm³/mol. The van der Waals surface area contributed by atoms with E-state index in [2.05, 4.69) is 31.1 Å². The lowest BCUT2D eigenvalue weighted by molar-refractivity contribution is -0.313. The largest absolute Gasteiger partial charge is 0.459 e. The molecular weight excluding hydrogens is 963 g/mol. The average molecular weight is 1050 g/mol. The van der Waals surface area contributed by atoms with Crippen LogP contribution in [0.4, 0.5) is 0 Å². The number of esters is 1. The number of aliphatic hydroxyl groups is 4. The number of fused-ring (bicyclic) bond motifs is 3. The van der Waals surface area contributed by atoms with E-state index in [4.69, 9.17) is 45.3 Å². The van der Waals surface area contributed by atoms with Crippen molar-refractivity contribution in [2.75, 3.05) is 54.6 Å². The van der Waals surface area contributed by atoms with Gasteiger partial charge >= 0.3 is 5.97 Å². The molecule has 1 aromatic carbocycles. The van der Waals surface area contributed by atoms with Crippen molar-refractivity contribution in [2.45, 2.75) is 191 Å². The van der Waals surface area contributed by atoms with Gasteiger partial charge < -0.3 is 74.1 Å². The van der Waals surface area contributed by atoms with E-state index in [0.29, 0.717) is 50.9 Å². The number of nitrogens with two attached hydrogens (primary N) is 1. The van der Waals surface area contributed by atoms with E-state index in [1.807, 2.05) is 77.3 Å². The number of benzene rings is 1. The van der Waals surface area contributed by atoms with Crippen LogP contribution >= 0.6 is 0 Å². The summed E-state index contributed by atoms with van der Waals surface area (Å²) in [6, 6.07) is 7.30. The highest BCUT2D eigenvalue weighted by atomic mass is 16.7. The summed E-state index contributed by atoms with van der Waals surface area (Å²) in [7, 11) is 7.28. The van der Waals surface area contributed by atoms with Crippen molar-refractivity contribution >= 4 is 5.97 Å². The van der Waals surface area contributed by atoms with Gasteiger partial charge in [-0.3, -0.25) is 14.8 Å². The van der Waals surface area contributed by atoms with Gasteiger partial charge in [-0.2, -0.15) is 0 Å². The SMILES string of the molecule is C#C[C@@]1(O)C[C@@H](C)CN(C)[C@H](C)[C@H]2OC[C@@H]([C@H](O[C@H]3C[C@@](C)(OC)[C@@H](O)[C@H](C)O3)[C@@H](C)C(=O)O[C@H](CC)[C@@]2(C)O)[C@H]1O[C@H]1C[C@@H](N(C)CC/C(N)=C/N(NC)[C@H](CO)Cc2ccc(-c3cnccn3)cc2)C[C@@H](C)O1. The lowest BCUT2D eigenvalue weighted by Crippen LogP contribution is -2.63. The van der Waals surface area contributed by atoms with E-state index in [1.165, 1.54) is 7.11 Å². The molecule has 0 saturated carbocycles. The minimum absolute atomic E-state index is 0.0564. The summed E-state index contributed by atoms with van der Waals surface area (Å²) in [6.07, 6.45) is 7.90. The molecule has 4 aliphatic heterocycles. The Morgan fingerprint density at radius 1 is 1.08 bits per heavy atom. The summed E-state index contributed by atoms with van der Waals surface area (Å²) < 4.78 is 46.1. The Morgan fingerprint density at radius 2 is 1.80 bits per heavy atom. The Morgan fingerprint density at radius 3 is 2.43 bits per heavy atom. The molecule has 75 heavy (non-hydrogen) atoms. The third kappa shape index (κ3) is 14.5. The number of nitrogens with one attached hydrogen (secondary N) is 1. The maximum absolute atomic E-state index is 14.6. The van der Waals surface area contributed by atoms with Crippen molar-refractivity contribution < 1.29 is 58.4 Å². The lowest BCUT2D eigenvalue weighted by Gasteiger charge is -2.49. The second kappa shape index (κ2) is 26.2. The minimum Gasteiger partial charge on any atom is -0.459 e. The Labute approximate surface area is 445 Å². The van der Waals surface area contributed by atoms with Gasteiger partial charge in [0.1, 0.15) is 30.0 Å². The molecule has 18 atom stereocenters. The van der Waals surface area contributed by atoms with Gasteiger partial charge in [0, 0.05) is 94.4 Å². The molecule has 7 N–H and O–H groups in total. The molecule has 0 radical (unpaired) electrons. The number of carbonyl (C=O) groups is 1. The number of aliphatic hydroxyl groups excluding tert-OH is 2. The summed E-state index contributed by atoms with van der Waals surface area (Å²) in [5, 5.41) is 49.1. The van der Waals surface area contributed by atoms with Crippen LogP contribution in [-0.4, -0.2) is 196 Å². The zero-order valence-corrected chi connectivity index (χ0v) is 46.5. The van der Waals surface area contributed by atoms with Gasteiger partial charge in [0.2, 0.25) is 0 Å². The maximum atomic E-state index is 14.6. The van der Waals surface area contributed by atoms with Crippen molar-refractivity contribution in [1.29, 1.82) is 0 Å². The van der Waals surface area contributed by atoms with Crippen LogP contribution < -0.4 is 11.2 Å². The molecule has 19 nitrogen and oxygen atoms in total. The van der Waals surface area contributed by atoms with E-state index in [9.17, 15) is 25.2 Å². The Balaban J connectivity index is 1.28. The number of methoxy groups -OCH3 is 1. The van der Waals surface area contributed by atoms with Crippen LogP contribution in [-0.2, 0) is 44.4 Å². The fourth-order valence-corrected chi connectivity index (χ4v) is 11.8. The zero-order valence-electron chi connectivity index (χ0n) is 46.5. The van der Waals surface area contributed by atoms with Crippen molar-refractivity contribution in [2.24, 2.45) is 23.5 Å². The molecule has 6 rings (SSSR count). The minimum atomic E-state index is -1.96. The van der Waals surface area contributed by atoms with Gasteiger partial charge in [0.25, 0.3) is 0 Å². The summed E-state index contributed by atoms with van der Waals surface area (Å²) in [5.74, 6) is -0.105. The number of carbonyl (C=O) groups excluding carboxylic acids is 1. The first-order valence-corrected chi connectivity index (χ1v) is 26.9. The maximum Gasteiger partial charge on any atom is 0.311 e. The van der Waals surface area contributed by atoms with Crippen molar-refractivity contribution in [3.8, 4) is 23.6 Å². The van der Waals surface area contributed by atoms with E-state index in [1.54, 1.807) is 53.3 Å². The Kier molecular flexibility index (Phi) is 21.1. The molecule has 2 aromatic rings. The quantitative estimate of drug-likeness (QED) is 0.0754. The van der Waals surface area contributed by atoms with Crippen molar-refractivity contribution in [1.82, 2.24) is 30.2 Å². The van der Waals surface area contributed by atoms with Gasteiger partial charge in [-0.15, -0.1) is 6.42 Å². The molecule has 19 heteroatoms. The highest BCUT2D eigenvalue weighted by molar-refractivity contribution is 5.73. The first-order chi connectivity index (χ1) is 35.5. The number of cyclic esters (lactones) is 1. The molecule has 4 saturated heterocycles. The third-order valence-corrected chi connectivity index (χ3v) is 16.5. The fourth-order valence-electron chi connectivity index (χ4n) is 11.8. The molecular formula is C56H89N7O12. The van der Waals surface area contributed by atoms with Crippen LogP contribution in [0.5, 0.6) is 0 Å². The number of aromatic nitrogens is 2. The molecule has 4 fully saturated rings. The van der Waals surface area contributed by atoms with Crippen molar-refractivity contribution in [3.63, 3.8) is 0 Å². The predicted octanol–water partition coefficient (Wildman–Crippen LogP) is 3.62. The number of terminal acetylenes is 1. The summed E-state index contributed by atoms with van der Waals surface area (Å²) in [6.45, 7) is 15.4. The summed E-state index contributed by atoms with van der Waals surface area (Å²) in [4.78, 5) is 27.5. The van der Waals surface area contributed by atoms with Gasteiger partial charge in [-0.25, -0.2) is 5.43 Å². The molecule has 0 amide bonds. The Bertz CT molecular complexity index is 2190. The lowest BCUT2D eigenvalue weighted by atomic mass is 9.76. The second-order valence-corrected chi connectivity index (χ2v) is 22.3. The number of nitrogens with zero attached hydrogens (tertiary/aromatic N) is 5. The van der Waals surface area contributed by atoms with Crippen LogP contribution in [0.1, 0.15) is 99.5 Å². The second-order valence-electron chi connectivity index (χ2n) is 22.3. The monoisotopic (exact) mass is 1050 g/mol. The van der Waals surface area contributed by atoms with Gasteiger partial charge in [-0.05, 0) is 92.8 Å². The normalized spacial score (nSPS) is 38.0. The molecule has 420 valence electrons. The summed E-state index contributed by atoms with van der Waals surface area (Å²) >= 11 is 0. The topological polar surface area (TPSA) is 236 Å². The molecule has 0 unspecified atom stereocenters. The van der Waals surface area contributed by atoms with Crippen LogP contribution in [0.2, 0.25) is 0 Å². The first-order valence-electron chi connectivity index (χ1n) is 26.9. The van der Waals surface area contributed by atoms with Gasteiger partial charge in [0.15, 0.2) is 18.2 Å². The molecule has 0 aliphatic carbocycles. The Hall–Kier alpha value is -3.85. The summed E-state index contributed by atoms with van der Waals surface area (Å²) in [5.41, 5.74) is 8.62. The molecule has 1 aromatic heterocycles. The van der Waals surface area contributed by atoms with E-state index in [0.717, 1.165) is 16.8 Å². The van der Waals surface area contributed by atoms with Crippen LogP contribution in [0.3, 0.4) is 0 Å². The van der Waals surface area contributed by atoms with Crippen molar-refractivity contribution in [3.05, 3.63) is 60.3 Å². The average Bonchev–Trinajstić information content (AvgIpc) is 3.40. The van der Waals surface area contributed by atoms with Crippen LogP contribution in [0, 0.1) is 30.1 Å². The first kappa shape index (κ1) is 60.4. The number of hydrazine groups is 1. The fraction of sp³-hybridized carbons (Fsp3) is 0.732. The van der Waals surface area contributed by atoms with E-state index >= 15 is 0 Å². The van der Waals surface area contributed by atoms with E-state index in [-0.39, 0.29) is 50.2 Å². The van der Waals surface area contributed by atoms with Gasteiger partial charge in [0.05, 0.1) is 61.0 Å². The van der Waals surface area contributed by atoms with Gasteiger partial charge in [-0.1, -0.05) is 44.0 Å². The highest BCUT2D eigenvalue weighted by Crippen LogP contribution is 2.42. The number of rotatable bonds is 17. The van der Waals surface area contributed by atoms with E-state index < -0.39 is 89.9 Å². The number of ether oxygens (including phenoxy) is 7. The van der Waals surface area contributed by atoms with Crippen LogP contribution in [0.15, 0.2) is 54.8 Å². The molecule has 4 aliphatic rings. The highest BCUT2D eigenvalue weighted by Gasteiger charge is 2.56.